The molecule has 0 saturated carbocycles. The van der Waals surface area contributed by atoms with Gasteiger partial charge in [0.2, 0.25) is 5.95 Å². The van der Waals surface area contributed by atoms with Gasteiger partial charge in [0.05, 0.1) is 12.1 Å². The summed E-state index contributed by atoms with van der Waals surface area (Å²) in [5.74, 6) is 1.37. The Morgan fingerprint density at radius 1 is 1.29 bits per heavy atom. The van der Waals surface area contributed by atoms with Gasteiger partial charge in [0.1, 0.15) is 11.3 Å². The fraction of sp³-hybridized carbons (Fsp3) is 0.312. The van der Waals surface area contributed by atoms with Crippen LogP contribution in [0.1, 0.15) is 18.2 Å². The molecule has 2 N–H and O–H groups in total. The molecule has 0 aliphatic rings. The van der Waals surface area contributed by atoms with E-state index >= 15 is 0 Å². The fourth-order valence-corrected chi connectivity index (χ4v) is 3.08. The van der Waals surface area contributed by atoms with Gasteiger partial charge in [0, 0.05) is 11.4 Å². The topological polar surface area (TPSA) is 53.1 Å². The average Bonchev–Trinajstić information content (AvgIpc) is 3.10. The van der Waals surface area contributed by atoms with Crippen LogP contribution >= 0.6 is 11.3 Å². The molecule has 2 heterocycles. The first kappa shape index (κ1) is 13.9. The van der Waals surface area contributed by atoms with E-state index in [9.17, 15) is 0 Å². The predicted octanol–water partition coefficient (Wildman–Crippen LogP) is 3.71. The number of ether oxygens (including phenoxy) is 1. The number of aromatic nitrogens is 2. The molecule has 0 unspecified atom stereocenters. The highest BCUT2D eigenvalue weighted by molar-refractivity contribution is 7.09. The van der Waals surface area contributed by atoms with Gasteiger partial charge < -0.3 is 15.0 Å². The van der Waals surface area contributed by atoms with Crippen molar-refractivity contribution in [3.8, 4) is 5.75 Å². The maximum atomic E-state index is 6.09. The Morgan fingerprint density at radius 3 is 2.95 bits per heavy atom. The molecule has 1 aromatic carbocycles. The SMILES string of the molecule is CCCOc1cccc2c1nc(N)n2CCc1cccs1. The standard InChI is InChI=1S/C16H19N3OS/c1-2-10-20-14-7-3-6-13-15(14)18-16(17)19(13)9-8-12-5-4-11-21-12/h3-7,11H,2,8-10H2,1H3,(H2,17,18). The first-order valence-electron chi connectivity index (χ1n) is 7.19. The molecule has 5 heteroatoms. The number of thiophene rings is 1. The van der Waals surface area contributed by atoms with E-state index in [4.69, 9.17) is 10.5 Å². The number of hydrogen-bond donors (Lipinski definition) is 1. The number of benzene rings is 1. The molecule has 2 aromatic heterocycles. The molecule has 21 heavy (non-hydrogen) atoms. The molecule has 0 aliphatic carbocycles. The van der Waals surface area contributed by atoms with Gasteiger partial charge >= 0.3 is 0 Å². The van der Waals surface area contributed by atoms with Crippen LogP contribution in [0.5, 0.6) is 5.75 Å². The molecule has 3 aromatic rings. The number of rotatable bonds is 6. The van der Waals surface area contributed by atoms with Crippen LogP contribution in [0.25, 0.3) is 11.0 Å². The summed E-state index contributed by atoms with van der Waals surface area (Å²) in [4.78, 5) is 5.84. The molecule has 0 fully saturated rings. The largest absolute Gasteiger partial charge is 0.491 e. The molecule has 0 radical (unpaired) electrons. The normalized spacial score (nSPS) is 11.1. The van der Waals surface area contributed by atoms with E-state index in [2.05, 4.69) is 34.0 Å². The first-order valence-corrected chi connectivity index (χ1v) is 8.07. The summed E-state index contributed by atoms with van der Waals surface area (Å²) in [6.45, 7) is 3.62. The van der Waals surface area contributed by atoms with Gasteiger partial charge in [0.25, 0.3) is 0 Å². The second-order valence-electron chi connectivity index (χ2n) is 4.92. The number of fused-ring (bicyclic) bond motifs is 1. The van der Waals surface area contributed by atoms with Crippen molar-refractivity contribution < 1.29 is 4.74 Å². The Hall–Kier alpha value is -2.01. The van der Waals surface area contributed by atoms with Crippen molar-refractivity contribution >= 4 is 28.3 Å². The van der Waals surface area contributed by atoms with Crippen molar-refractivity contribution in [3.63, 3.8) is 0 Å². The zero-order valence-corrected chi connectivity index (χ0v) is 12.9. The first-order chi connectivity index (χ1) is 10.3. The van der Waals surface area contributed by atoms with Crippen molar-refractivity contribution in [1.82, 2.24) is 9.55 Å². The lowest BCUT2D eigenvalue weighted by Gasteiger charge is -2.07. The Labute approximate surface area is 128 Å². The van der Waals surface area contributed by atoms with Crippen molar-refractivity contribution in [2.75, 3.05) is 12.3 Å². The van der Waals surface area contributed by atoms with Gasteiger partial charge in [-0.05, 0) is 36.4 Å². The van der Waals surface area contributed by atoms with E-state index in [-0.39, 0.29) is 0 Å². The van der Waals surface area contributed by atoms with E-state index in [1.165, 1.54) is 4.88 Å². The Bertz CT molecular complexity index is 719. The molecule has 0 bridgehead atoms. The highest BCUT2D eigenvalue weighted by Gasteiger charge is 2.12. The third-order valence-corrected chi connectivity index (χ3v) is 4.33. The number of nitrogens with zero attached hydrogens (tertiary/aromatic N) is 2. The highest BCUT2D eigenvalue weighted by atomic mass is 32.1. The Kier molecular flexibility index (Phi) is 4.10. The lowest BCUT2D eigenvalue weighted by atomic mass is 10.3. The number of hydrogen-bond acceptors (Lipinski definition) is 4. The van der Waals surface area contributed by atoms with E-state index in [1.54, 1.807) is 11.3 Å². The summed E-state index contributed by atoms with van der Waals surface area (Å²) in [6, 6.07) is 10.2. The smallest absolute Gasteiger partial charge is 0.201 e. The van der Waals surface area contributed by atoms with Crippen molar-refractivity contribution in [2.24, 2.45) is 0 Å². The molecule has 0 aliphatic heterocycles. The number of imidazole rings is 1. The number of nitrogens with two attached hydrogens (primary N) is 1. The van der Waals surface area contributed by atoms with Crippen molar-refractivity contribution in [3.05, 3.63) is 40.6 Å². The molecule has 0 atom stereocenters. The minimum atomic E-state index is 0.550. The minimum Gasteiger partial charge on any atom is -0.491 e. The number of nitrogen functional groups attached to an aromatic ring is 1. The lowest BCUT2D eigenvalue weighted by molar-refractivity contribution is 0.320. The van der Waals surface area contributed by atoms with Crippen molar-refractivity contribution in [1.29, 1.82) is 0 Å². The summed E-state index contributed by atoms with van der Waals surface area (Å²) in [5, 5.41) is 2.10. The van der Waals surface area contributed by atoms with Crippen LogP contribution < -0.4 is 10.5 Å². The summed E-state index contributed by atoms with van der Waals surface area (Å²) in [5.41, 5.74) is 7.99. The molecule has 0 saturated heterocycles. The molecule has 0 amide bonds. The van der Waals surface area contributed by atoms with Crippen LogP contribution in [-0.2, 0) is 13.0 Å². The molecular weight excluding hydrogens is 282 g/mol. The second kappa shape index (κ2) is 6.18. The van der Waals surface area contributed by atoms with Gasteiger partial charge in [-0.1, -0.05) is 19.1 Å². The van der Waals surface area contributed by atoms with Gasteiger partial charge in [0.15, 0.2) is 0 Å². The molecule has 3 rings (SSSR count). The Morgan fingerprint density at radius 2 is 2.19 bits per heavy atom. The van der Waals surface area contributed by atoms with Gasteiger partial charge in [-0.3, -0.25) is 0 Å². The minimum absolute atomic E-state index is 0.550. The third kappa shape index (κ3) is 2.88. The van der Waals surface area contributed by atoms with Crippen LogP contribution in [-0.4, -0.2) is 16.2 Å². The summed E-state index contributed by atoms with van der Waals surface area (Å²) in [6.07, 6.45) is 1.94. The van der Waals surface area contributed by atoms with Gasteiger partial charge in [-0.15, -0.1) is 11.3 Å². The molecular formula is C16H19N3OS. The van der Waals surface area contributed by atoms with E-state index in [0.717, 1.165) is 36.2 Å². The third-order valence-electron chi connectivity index (χ3n) is 3.40. The summed E-state index contributed by atoms with van der Waals surface area (Å²) >= 11 is 1.77. The van der Waals surface area contributed by atoms with Crippen LogP contribution in [0.3, 0.4) is 0 Å². The van der Waals surface area contributed by atoms with Crippen molar-refractivity contribution in [2.45, 2.75) is 26.3 Å². The van der Waals surface area contributed by atoms with E-state index < -0.39 is 0 Å². The maximum absolute atomic E-state index is 6.09. The average molecular weight is 301 g/mol. The lowest BCUT2D eigenvalue weighted by Crippen LogP contribution is -2.05. The maximum Gasteiger partial charge on any atom is 0.201 e. The zero-order valence-electron chi connectivity index (χ0n) is 12.1. The van der Waals surface area contributed by atoms with Gasteiger partial charge in [-0.2, -0.15) is 0 Å². The number of aryl methyl sites for hydroxylation is 2. The predicted molar refractivity (Wildman–Crippen MR) is 88.0 cm³/mol. The quantitative estimate of drug-likeness (QED) is 0.755. The van der Waals surface area contributed by atoms with Gasteiger partial charge in [-0.25, -0.2) is 4.98 Å². The zero-order chi connectivity index (χ0) is 14.7. The van der Waals surface area contributed by atoms with E-state index in [1.807, 2.05) is 18.2 Å². The summed E-state index contributed by atoms with van der Waals surface area (Å²) < 4.78 is 7.82. The number of para-hydroxylation sites is 1. The van der Waals surface area contributed by atoms with Crippen LogP contribution in [0.2, 0.25) is 0 Å². The van der Waals surface area contributed by atoms with E-state index in [0.29, 0.717) is 12.6 Å². The molecule has 0 spiro atoms. The molecule has 4 nitrogen and oxygen atoms in total. The Balaban J connectivity index is 1.89. The second-order valence-corrected chi connectivity index (χ2v) is 5.96. The number of anilines is 1. The fourth-order valence-electron chi connectivity index (χ4n) is 2.38. The van der Waals surface area contributed by atoms with Crippen LogP contribution in [0.15, 0.2) is 35.7 Å². The molecule has 110 valence electrons. The van der Waals surface area contributed by atoms with Crippen LogP contribution in [0, 0.1) is 0 Å². The highest BCUT2D eigenvalue weighted by Crippen LogP contribution is 2.27. The monoisotopic (exact) mass is 301 g/mol. The van der Waals surface area contributed by atoms with Crippen LogP contribution in [0.4, 0.5) is 5.95 Å². The summed E-state index contributed by atoms with van der Waals surface area (Å²) in [7, 11) is 0.